The predicted octanol–water partition coefficient (Wildman–Crippen LogP) is 2.87. The van der Waals surface area contributed by atoms with Crippen molar-refractivity contribution in [2.24, 2.45) is 4.99 Å². The molecule has 0 bridgehead atoms. The van der Waals surface area contributed by atoms with E-state index in [4.69, 9.17) is 0 Å². The van der Waals surface area contributed by atoms with Crippen molar-refractivity contribution >= 4 is 43.0 Å². The standard InChI is InChI=1S/C19H17N3O5S2/c1-3-10-21-16-12-14(22(24)25)6-9-17(16)28-19(21)20-18(23)11-13-4-7-15(8-5-13)29(2,26)27/h3-9,12H,1,10-11H2,2H3. The first-order chi connectivity index (χ1) is 13.7. The van der Waals surface area contributed by atoms with Crippen LogP contribution in [0.5, 0.6) is 0 Å². The highest BCUT2D eigenvalue weighted by molar-refractivity contribution is 7.90. The van der Waals surface area contributed by atoms with E-state index in [1.54, 1.807) is 28.8 Å². The molecule has 0 aliphatic carbocycles. The molecule has 0 unspecified atom stereocenters. The Morgan fingerprint density at radius 3 is 2.55 bits per heavy atom. The van der Waals surface area contributed by atoms with Gasteiger partial charge in [0.15, 0.2) is 14.6 Å². The molecule has 0 saturated heterocycles. The molecule has 0 atom stereocenters. The number of hydrogen-bond acceptors (Lipinski definition) is 6. The Hall–Kier alpha value is -3.11. The van der Waals surface area contributed by atoms with E-state index in [1.165, 1.54) is 35.6 Å². The summed E-state index contributed by atoms with van der Waals surface area (Å²) in [5.74, 6) is -0.407. The van der Waals surface area contributed by atoms with Crippen molar-refractivity contribution in [2.45, 2.75) is 17.9 Å². The smallest absolute Gasteiger partial charge is 0.271 e. The second-order valence-electron chi connectivity index (χ2n) is 6.29. The highest BCUT2D eigenvalue weighted by atomic mass is 32.2. The Labute approximate surface area is 170 Å². The number of rotatable bonds is 6. The van der Waals surface area contributed by atoms with Crippen LogP contribution < -0.4 is 4.80 Å². The second-order valence-corrected chi connectivity index (χ2v) is 9.32. The van der Waals surface area contributed by atoms with E-state index in [0.29, 0.717) is 22.4 Å². The molecule has 3 rings (SSSR count). The van der Waals surface area contributed by atoms with Crippen molar-refractivity contribution in [2.75, 3.05) is 6.26 Å². The lowest BCUT2D eigenvalue weighted by atomic mass is 10.1. The molecular weight excluding hydrogens is 414 g/mol. The Kier molecular flexibility index (Phi) is 5.76. The number of allylic oxidation sites excluding steroid dienone is 1. The molecule has 0 N–H and O–H groups in total. The number of carbonyl (C=O) groups excluding carboxylic acids is 1. The zero-order chi connectivity index (χ0) is 21.2. The zero-order valence-electron chi connectivity index (χ0n) is 15.4. The van der Waals surface area contributed by atoms with Gasteiger partial charge in [-0.2, -0.15) is 4.99 Å². The van der Waals surface area contributed by atoms with Gasteiger partial charge in [-0.15, -0.1) is 6.58 Å². The van der Waals surface area contributed by atoms with Crippen LogP contribution in [0, 0.1) is 10.1 Å². The Bertz CT molecular complexity index is 1290. The average Bonchev–Trinajstić information content (AvgIpc) is 2.98. The molecule has 1 amide bonds. The zero-order valence-corrected chi connectivity index (χ0v) is 17.1. The number of hydrogen-bond donors (Lipinski definition) is 0. The molecule has 29 heavy (non-hydrogen) atoms. The molecule has 0 fully saturated rings. The van der Waals surface area contributed by atoms with Crippen LogP contribution in [0.4, 0.5) is 5.69 Å². The van der Waals surface area contributed by atoms with E-state index in [0.717, 1.165) is 11.0 Å². The van der Waals surface area contributed by atoms with Crippen LogP contribution in [0.2, 0.25) is 0 Å². The van der Waals surface area contributed by atoms with Crippen LogP contribution in [-0.2, 0) is 27.6 Å². The van der Waals surface area contributed by atoms with Crippen molar-refractivity contribution < 1.29 is 18.1 Å². The number of sulfone groups is 1. The minimum atomic E-state index is -3.30. The molecule has 0 spiro atoms. The fraction of sp³-hybridized carbons (Fsp3) is 0.158. The van der Waals surface area contributed by atoms with Crippen LogP contribution in [0.3, 0.4) is 0 Å². The largest absolute Gasteiger partial charge is 0.312 e. The summed E-state index contributed by atoms with van der Waals surface area (Å²) in [6.07, 6.45) is 2.75. The summed E-state index contributed by atoms with van der Waals surface area (Å²) in [6, 6.07) is 10.6. The Balaban J connectivity index is 1.96. The summed E-state index contributed by atoms with van der Waals surface area (Å²) in [5.41, 5.74) is 1.20. The summed E-state index contributed by atoms with van der Waals surface area (Å²) >= 11 is 1.25. The highest BCUT2D eigenvalue weighted by Gasteiger charge is 2.13. The number of carbonyl (C=O) groups is 1. The third-order valence-electron chi connectivity index (χ3n) is 4.12. The average molecular weight is 431 g/mol. The summed E-state index contributed by atoms with van der Waals surface area (Å²) in [6.45, 7) is 4.03. The minimum Gasteiger partial charge on any atom is -0.312 e. The Morgan fingerprint density at radius 2 is 1.97 bits per heavy atom. The number of non-ortho nitro benzene ring substituents is 1. The van der Waals surface area contributed by atoms with Gasteiger partial charge < -0.3 is 4.57 Å². The van der Waals surface area contributed by atoms with Crippen LogP contribution in [-0.4, -0.2) is 30.1 Å². The van der Waals surface area contributed by atoms with Crippen molar-refractivity contribution in [1.29, 1.82) is 0 Å². The van der Waals surface area contributed by atoms with Gasteiger partial charge in [-0.3, -0.25) is 14.9 Å². The van der Waals surface area contributed by atoms with Gasteiger partial charge in [-0.05, 0) is 23.8 Å². The number of nitro benzene ring substituents is 1. The van der Waals surface area contributed by atoms with Crippen molar-refractivity contribution in [3.05, 3.63) is 75.6 Å². The lowest BCUT2D eigenvalue weighted by Crippen LogP contribution is -2.17. The van der Waals surface area contributed by atoms with Crippen LogP contribution in [0.15, 0.2) is 65.0 Å². The van der Waals surface area contributed by atoms with Gasteiger partial charge in [0.25, 0.3) is 11.6 Å². The SMILES string of the molecule is C=CCn1c(=NC(=O)Cc2ccc(S(C)(=O)=O)cc2)sc2ccc([N+](=O)[O-])cc21. The molecule has 10 heteroatoms. The van der Waals surface area contributed by atoms with Gasteiger partial charge in [-0.25, -0.2) is 8.42 Å². The van der Waals surface area contributed by atoms with E-state index in [-0.39, 0.29) is 17.0 Å². The highest BCUT2D eigenvalue weighted by Crippen LogP contribution is 2.23. The first-order valence-electron chi connectivity index (χ1n) is 8.44. The maximum absolute atomic E-state index is 12.4. The van der Waals surface area contributed by atoms with Gasteiger partial charge in [0.2, 0.25) is 0 Å². The van der Waals surface area contributed by atoms with Crippen molar-refractivity contribution in [3.63, 3.8) is 0 Å². The lowest BCUT2D eigenvalue weighted by molar-refractivity contribution is -0.384. The van der Waals surface area contributed by atoms with E-state index in [1.807, 2.05) is 0 Å². The number of aromatic nitrogens is 1. The maximum Gasteiger partial charge on any atom is 0.271 e. The molecule has 0 aliphatic rings. The van der Waals surface area contributed by atoms with Crippen molar-refractivity contribution in [1.82, 2.24) is 4.57 Å². The normalized spacial score (nSPS) is 12.2. The Morgan fingerprint density at radius 1 is 1.28 bits per heavy atom. The fourth-order valence-electron chi connectivity index (χ4n) is 2.74. The molecule has 3 aromatic rings. The maximum atomic E-state index is 12.4. The number of fused-ring (bicyclic) bond motifs is 1. The number of thiazole rings is 1. The van der Waals surface area contributed by atoms with Gasteiger partial charge in [0.05, 0.1) is 26.5 Å². The van der Waals surface area contributed by atoms with Gasteiger partial charge in [0, 0.05) is 24.9 Å². The topological polar surface area (TPSA) is 112 Å². The van der Waals surface area contributed by atoms with Gasteiger partial charge in [0.1, 0.15) is 0 Å². The molecule has 2 aromatic carbocycles. The van der Waals surface area contributed by atoms with E-state index in [9.17, 15) is 23.3 Å². The number of amides is 1. The molecule has 0 saturated carbocycles. The summed E-state index contributed by atoms with van der Waals surface area (Å²) < 4.78 is 25.5. The molecule has 0 radical (unpaired) electrons. The third-order valence-corrected chi connectivity index (χ3v) is 6.30. The van der Waals surface area contributed by atoms with Crippen LogP contribution >= 0.6 is 11.3 Å². The monoisotopic (exact) mass is 431 g/mol. The van der Waals surface area contributed by atoms with Gasteiger partial charge in [-0.1, -0.05) is 29.5 Å². The molecule has 0 aliphatic heterocycles. The summed E-state index contributed by atoms with van der Waals surface area (Å²) in [7, 11) is -3.30. The van der Waals surface area contributed by atoms with E-state index < -0.39 is 20.7 Å². The number of nitro groups is 1. The third kappa shape index (κ3) is 4.66. The summed E-state index contributed by atoms with van der Waals surface area (Å²) in [5, 5.41) is 11.1. The minimum absolute atomic E-state index is 0.00647. The van der Waals surface area contributed by atoms with Crippen LogP contribution in [0.1, 0.15) is 5.56 Å². The number of benzene rings is 2. The predicted molar refractivity (Wildman–Crippen MR) is 110 cm³/mol. The first kappa shape index (κ1) is 20.6. The molecule has 1 heterocycles. The summed E-state index contributed by atoms with van der Waals surface area (Å²) in [4.78, 5) is 27.8. The van der Waals surface area contributed by atoms with Crippen LogP contribution in [0.25, 0.3) is 10.2 Å². The van der Waals surface area contributed by atoms with Crippen molar-refractivity contribution in [3.8, 4) is 0 Å². The first-order valence-corrected chi connectivity index (χ1v) is 11.1. The van der Waals surface area contributed by atoms with E-state index in [2.05, 4.69) is 11.6 Å². The lowest BCUT2D eigenvalue weighted by Gasteiger charge is -2.02. The van der Waals surface area contributed by atoms with Gasteiger partial charge >= 0.3 is 0 Å². The number of nitrogens with zero attached hydrogens (tertiary/aromatic N) is 3. The van der Waals surface area contributed by atoms with E-state index >= 15 is 0 Å². The quantitative estimate of drug-likeness (QED) is 0.338. The second kappa shape index (κ2) is 8.10. The molecule has 8 nitrogen and oxygen atoms in total. The molecular formula is C19H17N3O5S2. The molecule has 1 aromatic heterocycles. The fourth-order valence-corrected chi connectivity index (χ4v) is 4.40. The molecule has 150 valence electrons.